The van der Waals surface area contributed by atoms with Crippen LogP contribution in [-0.4, -0.2) is 53.5 Å². The molecule has 1 aliphatic heterocycles. The second kappa shape index (κ2) is 10.9. The lowest BCUT2D eigenvalue weighted by atomic mass is 10.2. The molecule has 1 unspecified atom stereocenters. The molecule has 2 aromatic rings. The topological polar surface area (TPSA) is 77.7 Å². The second-order valence-corrected chi connectivity index (χ2v) is 9.34. The van der Waals surface area contributed by atoms with Crippen LogP contribution in [0.25, 0.3) is 10.9 Å². The first kappa shape index (κ1) is 22.7. The summed E-state index contributed by atoms with van der Waals surface area (Å²) < 4.78 is 12.5. The van der Waals surface area contributed by atoms with Gasteiger partial charge in [-0.3, -0.25) is 15.1 Å². The highest BCUT2D eigenvalue weighted by molar-refractivity contribution is 8.22. The molecule has 30 heavy (non-hydrogen) atoms. The minimum atomic E-state index is -0.591. The summed E-state index contributed by atoms with van der Waals surface area (Å²) in [6, 6.07) is 5.78. The Bertz CT molecular complexity index is 919. The lowest BCUT2D eigenvalue weighted by Crippen LogP contribution is -2.25. The number of thioether (sulfide) groups is 2. The summed E-state index contributed by atoms with van der Waals surface area (Å²) in [4.78, 5) is 18.6. The number of pyridine rings is 1. The van der Waals surface area contributed by atoms with Crippen molar-refractivity contribution in [2.45, 2.75) is 37.0 Å². The van der Waals surface area contributed by atoms with E-state index in [2.05, 4.69) is 23.7 Å². The summed E-state index contributed by atoms with van der Waals surface area (Å²) in [5.74, 6) is 1.35. The lowest BCUT2D eigenvalue weighted by molar-refractivity contribution is -0.493. The molecule has 1 aliphatic rings. The van der Waals surface area contributed by atoms with Gasteiger partial charge in [0.1, 0.15) is 0 Å². The molecule has 0 fully saturated rings. The number of hydrogen-bond acceptors (Lipinski definition) is 8. The van der Waals surface area contributed by atoms with Crippen LogP contribution in [0.1, 0.15) is 26.7 Å². The number of benzene rings is 1. The van der Waals surface area contributed by atoms with E-state index >= 15 is 0 Å². The fourth-order valence-corrected chi connectivity index (χ4v) is 5.56. The highest BCUT2D eigenvalue weighted by Crippen LogP contribution is 2.45. The minimum absolute atomic E-state index is 0.230. The first-order chi connectivity index (χ1) is 14.5. The third-order valence-corrected chi connectivity index (χ3v) is 7.46. The molecule has 3 rings (SSSR count). The van der Waals surface area contributed by atoms with Crippen molar-refractivity contribution in [2.75, 3.05) is 33.4 Å². The predicted molar refractivity (Wildman–Crippen MR) is 123 cm³/mol. The molecule has 0 radical (unpaired) electrons. The molecule has 2 heterocycles. The Hall–Kier alpha value is -1.97. The Morgan fingerprint density at radius 3 is 2.80 bits per heavy atom. The van der Waals surface area contributed by atoms with Crippen LogP contribution in [0.5, 0.6) is 11.5 Å². The SMILES string of the molecule is CCN(CC)CCCOc1cc2nccc(SC3=CCC([N+](=O)[O-])S3)c2cc1OC. The van der Waals surface area contributed by atoms with Gasteiger partial charge in [-0.2, -0.15) is 0 Å². The van der Waals surface area contributed by atoms with Crippen LogP contribution < -0.4 is 9.47 Å². The average molecular weight is 450 g/mol. The number of ether oxygens (including phenoxy) is 2. The van der Waals surface area contributed by atoms with Crippen LogP contribution in [0.15, 0.2) is 39.6 Å². The number of nitro groups is 1. The third kappa shape index (κ3) is 5.59. The van der Waals surface area contributed by atoms with Crippen LogP contribution >= 0.6 is 23.5 Å². The molecule has 0 saturated carbocycles. The highest BCUT2D eigenvalue weighted by Gasteiger charge is 2.28. The van der Waals surface area contributed by atoms with Gasteiger partial charge in [0.25, 0.3) is 5.37 Å². The van der Waals surface area contributed by atoms with Gasteiger partial charge in [-0.25, -0.2) is 0 Å². The lowest BCUT2D eigenvalue weighted by Gasteiger charge is -2.18. The van der Waals surface area contributed by atoms with Crippen molar-refractivity contribution in [2.24, 2.45) is 0 Å². The molecular formula is C21H27N3O4S2. The van der Waals surface area contributed by atoms with Gasteiger partial charge < -0.3 is 14.4 Å². The minimum Gasteiger partial charge on any atom is -0.493 e. The highest BCUT2D eigenvalue weighted by atomic mass is 32.2. The third-order valence-electron chi connectivity index (χ3n) is 4.94. The van der Waals surface area contributed by atoms with E-state index in [0.29, 0.717) is 24.5 Å². The second-order valence-electron chi connectivity index (χ2n) is 6.78. The quantitative estimate of drug-likeness (QED) is 0.269. The van der Waals surface area contributed by atoms with Crippen molar-refractivity contribution in [1.29, 1.82) is 0 Å². The summed E-state index contributed by atoms with van der Waals surface area (Å²) in [6.07, 6.45) is 5.08. The van der Waals surface area contributed by atoms with Gasteiger partial charge >= 0.3 is 0 Å². The van der Waals surface area contributed by atoms with Crippen molar-refractivity contribution < 1.29 is 14.4 Å². The maximum Gasteiger partial charge on any atom is 0.266 e. The molecular weight excluding hydrogens is 422 g/mol. The number of rotatable bonds is 11. The van der Waals surface area contributed by atoms with Crippen molar-refractivity contribution in [3.63, 3.8) is 0 Å². The zero-order valence-electron chi connectivity index (χ0n) is 17.5. The number of methoxy groups -OCH3 is 1. The Labute approximate surface area is 185 Å². The van der Waals surface area contributed by atoms with E-state index in [9.17, 15) is 10.1 Å². The summed E-state index contributed by atoms with van der Waals surface area (Å²) in [7, 11) is 1.63. The number of hydrogen-bond donors (Lipinski definition) is 0. The summed E-state index contributed by atoms with van der Waals surface area (Å²) in [6.45, 7) is 8.01. The van der Waals surface area contributed by atoms with E-state index in [-0.39, 0.29) is 4.92 Å². The van der Waals surface area contributed by atoms with Crippen LogP contribution in [0.4, 0.5) is 0 Å². The Morgan fingerprint density at radius 2 is 2.13 bits per heavy atom. The Morgan fingerprint density at radius 1 is 1.33 bits per heavy atom. The molecule has 0 saturated heterocycles. The first-order valence-electron chi connectivity index (χ1n) is 10.1. The van der Waals surface area contributed by atoms with E-state index in [4.69, 9.17) is 9.47 Å². The molecule has 0 N–H and O–H groups in total. The van der Waals surface area contributed by atoms with Crippen molar-refractivity contribution in [1.82, 2.24) is 9.88 Å². The molecule has 162 valence electrons. The predicted octanol–water partition coefficient (Wildman–Crippen LogP) is 5.03. The smallest absolute Gasteiger partial charge is 0.266 e. The molecule has 0 bridgehead atoms. The fourth-order valence-electron chi connectivity index (χ4n) is 3.23. The van der Waals surface area contributed by atoms with Crippen LogP contribution in [0.3, 0.4) is 0 Å². The maximum absolute atomic E-state index is 11.0. The Balaban J connectivity index is 1.73. The Kier molecular flexibility index (Phi) is 8.24. The van der Waals surface area contributed by atoms with Crippen molar-refractivity contribution >= 4 is 34.4 Å². The van der Waals surface area contributed by atoms with Crippen LogP contribution in [0.2, 0.25) is 0 Å². The van der Waals surface area contributed by atoms with Crippen molar-refractivity contribution in [3.05, 3.63) is 44.8 Å². The van der Waals surface area contributed by atoms with Crippen LogP contribution in [0, 0.1) is 10.1 Å². The van der Waals surface area contributed by atoms with Crippen molar-refractivity contribution in [3.8, 4) is 11.5 Å². The fraction of sp³-hybridized carbons (Fsp3) is 0.476. The molecule has 1 aromatic heterocycles. The normalized spacial score (nSPS) is 16.1. The van der Waals surface area contributed by atoms with E-state index < -0.39 is 5.37 Å². The van der Waals surface area contributed by atoms with Gasteiger partial charge in [0.15, 0.2) is 11.5 Å². The zero-order valence-corrected chi connectivity index (χ0v) is 19.1. The van der Waals surface area contributed by atoms with Gasteiger partial charge in [0, 0.05) is 44.7 Å². The summed E-state index contributed by atoms with van der Waals surface area (Å²) in [5, 5.41) is 11.4. The number of fused-ring (bicyclic) bond motifs is 1. The zero-order chi connectivity index (χ0) is 21.5. The average Bonchev–Trinajstić information content (AvgIpc) is 3.22. The summed E-state index contributed by atoms with van der Waals surface area (Å²) in [5.41, 5.74) is 0.814. The monoisotopic (exact) mass is 449 g/mol. The van der Waals surface area contributed by atoms with Gasteiger partial charge in [-0.15, -0.1) is 0 Å². The van der Waals surface area contributed by atoms with E-state index in [1.54, 1.807) is 13.3 Å². The largest absolute Gasteiger partial charge is 0.493 e. The maximum atomic E-state index is 11.0. The molecule has 1 atom stereocenters. The first-order valence-corrected chi connectivity index (χ1v) is 11.7. The number of aromatic nitrogens is 1. The van der Waals surface area contributed by atoms with E-state index in [1.165, 1.54) is 23.5 Å². The molecule has 7 nitrogen and oxygen atoms in total. The van der Waals surface area contributed by atoms with E-state index in [0.717, 1.165) is 46.1 Å². The molecule has 9 heteroatoms. The van der Waals surface area contributed by atoms with Crippen LogP contribution in [-0.2, 0) is 0 Å². The standard InChI is InChI=1S/C21H27N3O4S2/c1-4-23(5-2)11-6-12-28-18-14-16-15(13-17(18)27-3)19(9-10-22-16)29-21-8-7-20(30-21)24(25)26/h8-10,13-14,20H,4-7,11-12H2,1-3H3. The van der Waals surface area contributed by atoms with Gasteiger partial charge in [-0.05, 0) is 43.4 Å². The summed E-state index contributed by atoms with van der Waals surface area (Å²) >= 11 is 2.83. The molecule has 0 spiro atoms. The molecule has 1 aromatic carbocycles. The number of nitrogens with zero attached hydrogens (tertiary/aromatic N) is 3. The van der Waals surface area contributed by atoms with Gasteiger partial charge in [-0.1, -0.05) is 31.7 Å². The van der Waals surface area contributed by atoms with Gasteiger partial charge in [0.2, 0.25) is 0 Å². The van der Waals surface area contributed by atoms with E-state index in [1.807, 2.05) is 24.3 Å². The molecule has 0 aliphatic carbocycles. The van der Waals surface area contributed by atoms with Gasteiger partial charge in [0.05, 0.1) is 19.2 Å². The molecule has 0 amide bonds.